The van der Waals surface area contributed by atoms with Crippen LogP contribution in [0, 0.1) is 10.1 Å². The Morgan fingerprint density at radius 2 is 1.92 bits per heavy atom. The van der Waals surface area contributed by atoms with Crippen LogP contribution in [0.2, 0.25) is 0 Å². The summed E-state index contributed by atoms with van der Waals surface area (Å²) in [5.41, 5.74) is 1.68. The first kappa shape index (κ1) is 15.5. The third kappa shape index (κ3) is 3.86. The number of hydrogen-bond acceptors (Lipinski definition) is 5. The molecule has 6 heteroatoms. The van der Waals surface area contributed by atoms with E-state index in [1.165, 1.54) is 18.3 Å². The maximum atomic E-state index is 10.7. The first-order chi connectivity index (χ1) is 11.7. The van der Waals surface area contributed by atoms with Gasteiger partial charge in [0.1, 0.15) is 24.3 Å². The molecule has 0 unspecified atom stereocenters. The van der Waals surface area contributed by atoms with Crippen LogP contribution in [0.3, 0.4) is 0 Å². The van der Waals surface area contributed by atoms with Gasteiger partial charge < -0.3 is 9.25 Å². The van der Waals surface area contributed by atoms with Crippen molar-refractivity contribution in [3.63, 3.8) is 0 Å². The van der Waals surface area contributed by atoms with Gasteiger partial charge in [-0.2, -0.15) is 0 Å². The Bertz CT molecular complexity index is 856. The standard InChI is InChI=1S/C18H14N2O4/c21-20(22)16-8-4-5-14(11-16)13-23-19-12-17-9-10-18(24-17)15-6-2-1-3-7-15/h1-12H,13H2/b19-12-. The molecule has 6 nitrogen and oxygen atoms in total. The molecular formula is C18H14N2O4. The van der Waals surface area contributed by atoms with Crippen LogP contribution in [0.4, 0.5) is 5.69 Å². The number of rotatable bonds is 6. The zero-order chi connectivity index (χ0) is 16.8. The van der Waals surface area contributed by atoms with E-state index in [2.05, 4.69) is 5.16 Å². The fraction of sp³-hybridized carbons (Fsp3) is 0.0556. The predicted molar refractivity (Wildman–Crippen MR) is 89.6 cm³/mol. The van der Waals surface area contributed by atoms with Crippen molar-refractivity contribution < 1.29 is 14.2 Å². The summed E-state index contributed by atoms with van der Waals surface area (Å²) in [4.78, 5) is 15.4. The lowest BCUT2D eigenvalue weighted by atomic mass is 10.2. The van der Waals surface area contributed by atoms with Crippen LogP contribution in [0.1, 0.15) is 11.3 Å². The zero-order valence-electron chi connectivity index (χ0n) is 12.7. The number of hydrogen-bond donors (Lipinski definition) is 0. The number of nitro groups is 1. The van der Waals surface area contributed by atoms with Gasteiger partial charge in [-0.25, -0.2) is 0 Å². The van der Waals surface area contributed by atoms with E-state index < -0.39 is 4.92 Å². The van der Waals surface area contributed by atoms with Crippen LogP contribution < -0.4 is 0 Å². The van der Waals surface area contributed by atoms with Crippen molar-refractivity contribution in [1.82, 2.24) is 0 Å². The molecule has 0 atom stereocenters. The van der Waals surface area contributed by atoms with Crippen molar-refractivity contribution >= 4 is 11.9 Å². The van der Waals surface area contributed by atoms with Crippen molar-refractivity contribution in [2.75, 3.05) is 0 Å². The summed E-state index contributed by atoms with van der Waals surface area (Å²) in [6.45, 7) is 0.143. The Morgan fingerprint density at radius 3 is 2.71 bits per heavy atom. The lowest BCUT2D eigenvalue weighted by Gasteiger charge is -1.99. The van der Waals surface area contributed by atoms with Gasteiger partial charge in [-0.1, -0.05) is 47.6 Å². The van der Waals surface area contributed by atoms with Crippen molar-refractivity contribution in [3.05, 3.63) is 88.2 Å². The van der Waals surface area contributed by atoms with Gasteiger partial charge in [-0.15, -0.1) is 0 Å². The van der Waals surface area contributed by atoms with Crippen LogP contribution in [0.5, 0.6) is 0 Å². The smallest absolute Gasteiger partial charge is 0.269 e. The van der Waals surface area contributed by atoms with E-state index in [0.717, 1.165) is 11.3 Å². The maximum absolute atomic E-state index is 10.7. The summed E-state index contributed by atoms with van der Waals surface area (Å²) >= 11 is 0. The molecule has 24 heavy (non-hydrogen) atoms. The number of nitrogens with zero attached hydrogens (tertiary/aromatic N) is 2. The van der Waals surface area contributed by atoms with E-state index in [0.29, 0.717) is 11.3 Å². The lowest BCUT2D eigenvalue weighted by Crippen LogP contribution is -1.92. The average Bonchev–Trinajstić information content (AvgIpc) is 3.09. The molecule has 0 aliphatic heterocycles. The number of non-ortho nitro benzene ring substituents is 1. The summed E-state index contributed by atoms with van der Waals surface area (Å²) in [6.07, 6.45) is 1.46. The molecule has 3 aromatic rings. The highest BCUT2D eigenvalue weighted by Crippen LogP contribution is 2.21. The molecule has 0 aliphatic rings. The monoisotopic (exact) mass is 322 g/mol. The van der Waals surface area contributed by atoms with Crippen molar-refractivity contribution in [1.29, 1.82) is 0 Å². The highest BCUT2D eigenvalue weighted by atomic mass is 16.6. The Balaban J connectivity index is 1.58. The van der Waals surface area contributed by atoms with Gasteiger partial charge >= 0.3 is 0 Å². The molecule has 2 aromatic carbocycles. The van der Waals surface area contributed by atoms with E-state index in [4.69, 9.17) is 9.25 Å². The fourth-order valence-corrected chi connectivity index (χ4v) is 2.14. The molecule has 0 fully saturated rings. The molecular weight excluding hydrogens is 308 g/mol. The highest BCUT2D eigenvalue weighted by molar-refractivity contribution is 5.76. The molecule has 0 amide bonds. The van der Waals surface area contributed by atoms with Crippen molar-refractivity contribution in [2.45, 2.75) is 6.61 Å². The van der Waals surface area contributed by atoms with Crippen LogP contribution in [0.25, 0.3) is 11.3 Å². The zero-order valence-corrected chi connectivity index (χ0v) is 12.7. The molecule has 3 rings (SSSR count). The average molecular weight is 322 g/mol. The van der Waals surface area contributed by atoms with Gasteiger partial charge in [0.15, 0.2) is 0 Å². The van der Waals surface area contributed by atoms with Gasteiger partial charge in [0.25, 0.3) is 5.69 Å². The minimum absolute atomic E-state index is 0.0265. The van der Waals surface area contributed by atoms with E-state index in [1.807, 2.05) is 36.4 Å². The highest BCUT2D eigenvalue weighted by Gasteiger charge is 2.05. The van der Waals surface area contributed by atoms with Gasteiger partial charge in [0.2, 0.25) is 0 Å². The number of oxime groups is 1. The molecule has 0 saturated heterocycles. The molecule has 0 saturated carbocycles. The van der Waals surface area contributed by atoms with Crippen molar-refractivity contribution in [2.24, 2.45) is 5.16 Å². The molecule has 0 aliphatic carbocycles. The summed E-state index contributed by atoms with van der Waals surface area (Å²) in [6, 6.07) is 19.6. The largest absolute Gasteiger partial charge is 0.455 e. The number of furan rings is 1. The summed E-state index contributed by atoms with van der Waals surface area (Å²) in [5, 5.41) is 14.5. The van der Waals surface area contributed by atoms with Gasteiger partial charge in [0.05, 0.1) is 4.92 Å². The van der Waals surface area contributed by atoms with Crippen molar-refractivity contribution in [3.8, 4) is 11.3 Å². The van der Waals surface area contributed by atoms with Crippen LogP contribution in [0.15, 0.2) is 76.3 Å². The topological polar surface area (TPSA) is 77.9 Å². The lowest BCUT2D eigenvalue weighted by molar-refractivity contribution is -0.384. The Labute approximate surface area is 138 Å². The molecule has 1 heterocycles. The fourth-order valence-electron chi connectivity index (χ4n) is 2.14. The third-order valence-corrected chi connectivity index (χ3v) is 3.29. The summed E-state index contributed by atoms with van der Waals surface area (Å²) in [7, 11) is 0. The number of nitro benzene ring substituents is 1. The second kappa shape index (κ2) is 7.23. The second-order valence-corrected chi connectivity index (χ2v) is 5.00. The molecule has 0 spiro atoms. The minimum Gasteiger partial charge on any atom is -0.455 e. The van der Waals surface area contributed by atoms with E-state index in [-0.39, 0.29) is 12.3 Å². The predicted octanol–water partition coefficient (Wildman–Crippen LogP) is 4.41. The van der Waals surface area contributed by atoms with E-state index >= 15 is 0 Å². The van der Waals surface area contributed by atoms with Crippen LogP contribution in [-0.2, 0) is 11.4 Å². The third-order valence-electron chi connectivity index (χ3n) is 3.29. The van der Waals surface area contributed by atoms with E-state index in [9.17, 15) is 10.1 Å². The summed E-state index contributed by atoms with van der Waals surface area (Å²) < 4.78 is 5.65. The maximum Gasteiger partial charge on any atom is 0.269 e. The Hall–Kier alpha value is -3.41. The summed E-state index contributed by atoms with van der Waals surface area (Å²) in [5.74, 6) is 1.31. The Kier molecular flexibility index (Phi) is 4.67. The molecule has 1 aromatic heterocycles. The van der Waals surface area contributed by atoms with Gasteiger partial charge in [-0.3, -0.25) is 10.1 Å². The van der Waals surface area contributed by atoms with Gasteiger partial charge in [-0.05, 0) is 17.7 Å². The SMILES string of the molecule is O=[N+]([O-])c1cccc(CO/N=C\c2ccc(-c3ccccc3)o2)c1. The normalized spacial score (nSPS) is 10.8. The molecule has 120 valence electrons. The van der Waals surface area contributed by atoms with Crippen LogP contribution in [-0.4, -0.2) is 11.1 Å². The molecule has 0 N–H and O–H groups in total. The first-order valence-corrected chi connectivity index (χ1v) is 7.26. The second-order valence-electron chi connectivity index (χ2n) is 5.00. The first-order valence-electron chi connectivity index (χ1n) is 7.26. The Morgan fingerprint density at radius 1 is 1.08 bits per heavy atom. The minimum atomic E-state index is -0.444. The van der Waals surface area contributed by atoms with E-state index in [1.54, 1.807) is 18.2 Å². The quantitative estimate of drug-likeness (QED) is 0.383. The van der Waals surface area contributed by atoms with Crippen LogP contribution >= 0.6 is 0 Å². The molecule has 0 bridgehead atoms. The van der Waals surface area contributed by atoms with Gasteiger partial charge in [0, 0.05) is 17.7 Å². The molecule has 0 radical (unpaired) electrons. The number of benzene rings is 2.